The zero-order chi connectivity index (χ0) is 19.4. The van der Waals surface area contributed by atoms with E-state index in [0.29, 0.717) is 33.0 Å². The number of aromatic nitrogens is 2. The second-order valence-electron chi connectivity index (χ2n) is 6.54. The van der Waals surface area contributed by atoms with Gasteiger partial charge >= 0.3 is 0 Å². The van der Waals surface area contributed by atoms with Gasteiger partial charge in [0.15, 0.2) is 0 Å². The van der Waals surface area contributed by atoms with Gasteiger partial charge in [-0.1, -0.05) is 17.7 Å². The lowest BCUT2D eigenvalue weighted by Gasteiger charge is -2.04. The van der Waals surface area contributed by atoms with Crippen molar-refractivity contribution in [3.05, 3.63) is 64.9 Å². The van der Waals surface area contributed by atoms with E-state index < -0.39 is 11.8 Å². The number of fused-ring (bicyclic) bond motifs is 2. The summed E-state index contributed by atoms with van der Waals surface area (Å²) in [5.41, 5.74) is 3.63. The summed E-state index contributed by atoms with van der Waals surface area (Å²) in [5.74, 6) is -0.130. The molecular formula is C21H14ClN3O3. The molecule has 0 fully saturated rings. The molecule has 0 saturated carbocycles. The number of amides is 2. The van der Waals surface area contributed by atoms with Crippen LogP contribution in [-0.2, 0) is 9.59 Å². The Bertz CT molecular complexity index is 1330. The molecule has 0 unspecified atom stereocenters. The quantitative estimate of drug-likeness (QED) is 0.463. The highest BCUT2D eigenvalue weighted by molar-refractivity contribution is 6.50. The maximum Gasteiger partial charge on any atom is 0.259 e. The fourth-order valence-electron chi connectivity index (χ4n) is 3.71. The molecule has 0 bridgehead atoms. The Kier molecular flexibility index (Phi) is 3.57. The Hall–Kier alpha value is -3.51. The van der Waals surface area contributed by atoms with E-state index in [1.807, 2.05) is 24.3 Å². The normalized spacial score (nSPS) is 14.4. The summed E-state index contributed by atoms with van der Waals surface area (Å²) >= 11 is 6.06. The van der Waals surface area contributed by atoms with Gasteiger partial charge in [0.1, 0.15) is 5.75 Å². The molecule has 2 aromatic carbocycles. The minimum atomic E-state index is -0.418. The minimum Gasteiger partial charge on any atom is -0.497 e. The number of methoxy groups -OCH3 is 1. The Morgan fingerprint density at radius 1 is 0.821 bits per heavy atom. The van der Waals surface area contributed by atoms with E-state index in [4.69, 9.17) is 16.3 Å². The number of rotatable bonds is 3. The maximum absolute atomic E-state index is 12.7. The number of H-pyrrole nitrogens is 2. The van der Waals surface area contributed by atoms with Crippen LogP contribution in [0.4, 0.5) is 0 Å². The molecule has 0 radical (unpaired) electrons. The van der Waals surface area contributed by atoms with Gasteiger partial charge in [-0.3, -0.25) is 14.9 Å². The zero-order valence-electron chi connectivity index (χ0n) is 14.7. The van der Waals surface area contributed by atoms with Crippen LogP contribution >= 0.6 is 11.6 Å². The fourth-order valence-corrected chi connectivity index (χ4v) is 3.89. The topological polar surface area (TPSA) is 87.0 Å². The molecule has 1 aliphatic rings. The number of hydrogen-bond acceptors (Lipinski definition) is 3. The van der Waals surface area contributed by atoms with Crippen LogP contribution in [0.15, 0.2) is 48.8 Å². The number of halogens is 1. The number of ether oxygens (including phenoxy) is 1. The third kappa shape index (κ3) is 2.35. The largest absolute Gasteiger partial charge is 0.497 e. The molecule has 138 valence electrons. The summed E-state index contributed by atoms with van der Waals surface area (Å²) in [5, 5.41) is 4.67. The monoisotopic (exact) mass is 391 g/mol. The standard InChI is InChI=1S/C21H14ClN3O3/c1-28-11-3-5-13-15(9-24-17(13)7-11)19-18(20(26)25-21(19)27)14-8-23-16-6-10(22)2-4-12(14)16/h2-9,23-24H,1H3,(H,25,26,27). The van der Waals surface area contributed by atoms with E-state index in [1.54, 1.807) is 31.6 Å². The summed E-state index contributed by atoms with van der Waals surface area (Å²) in [7, 11) is 1.60. The average molecular weight is 392 g/mol. The van der Waals surface area contributed by atoms with E-state index >= 15 is 0 Å². The molecule has 0 spiro atoms. The molecular weight excluding hydrogens is 378 g/mol. The number of hydrogen-bond donors (Lipinski definition) is 3. The van der Waals surface area contributed by atoms with Crippen molar-refractivity contribution in [1.29, 1.82) is 0 Å². The number of imide groups is 1. The molecule has 3 N–H and O–H groups in total. The van der Waals surface area contributed by atoms with Gasteiger partial charge in [-0.25, -0.2) is 0 Å². The smallest absolute Gasteiger partial charge is 0.259 e. The third-order valence-corrected chi connectivity index (χ3v) is 5.24. The van der Waals surface area contributed by atoms with Crippen molar-refractivity contribution in [2.45, 2.75) is 0 Å². The third-order valence-electron chi connectivity index (χ3n) is 5.00. The number of benzene rings is 2. The van der Waals surface area contributed by atoms with Crippen LogP contribution in [0.5, 0.6) is 5.75 Å². The van der Waals surface area contributed by atoms with Crippen molar-refractivity contribution < 1.29 is 14.3 Å². The van der Waals surface area contributed by atoms with Gasteiger partial charge in [-0.15, -0.1) is 0 Å². The molecule has 1 aliphatic heterocycles. The molecule has 0 saturated heterocycles. The van der Waals surface area contributed by atoms with E-state index in [1.165, 1.54) is 0 Å². The SMILES string of the molecule is COc1ccc2c(C3=C(c4c[nH]c5cc(Cl)ccc45)C(=O)NC3=O)c[nH]c2c1. The van der Waals surface area contributed by atoms with Gasteiger partial charge < -0.3 is 14.7 Å². The first-order valence-electron chi connectivity index (χ1n) is 8.59. The van der Waals surface area contributed by atoms with Crippen molar-refractivity contribution in [3.8, 4) is 5.75 Å². The number of nitrogens with one attached hydrogen (secondary N) is 3. The molecule has 7 heteroatoms. The maximum atomic E-state index is 12.7. The van der Waals surface area contributed by atoms with Crippen molar-refractivity contribution >= 4 is 56.4 Å². The summed E-state index contributed by atoms with van der Waals surface area (Å²) in [6.45, 7) is 0. The zero-order valence-corrected chi connectivity index (χ0v) is 15.5. The van der Waals surface area contributed by atoms with Crippen LogP contribution < -0.4 is 10.1 Å². The number of carbonyl (C=O) groups is 2. The molecule has 28 heavy (non-hydrogen) atoms. The van der Waals surface area contributed by atoms with Crippen LogP contribution in [0.2, 0.25) is 5.02 Å². The molecule has 2 aromatic heterocycles. The first-order chi connectivity index (χ1) is 13.6. The minimum absolute atomic E-state index is 0.343. The molecule has 0 atom stereocenters. The van der Waals surface area contributed by atoms with Crippen molar-refractivity contribution in [2.75, 3.05) is 7.11 Å². The summed E-state index contributed by atoms with van der Waals surface area (Å²) < 4.78 is 5.25. The lowest BCUT2D eigenvalue weighted by molar-refractivity contribution is -0.122. The first kappa shape index (κ1) is 16.6. The van der Waals surface area contributed by atoms with Gasteiger partial charge in [0.05, 0.1) is 18.3 Å². The van der Waals surface area contributed by atoms with Crippen LogP contribution in [0.25, 0.3) is 33.0 Å². The van der Waals surface area contributed by atoms with Gasteiger partial charge in [0, 0.05) is 56.4 Å². The molecule has 0 aliphatic carbocycles. The number of aromatic amines is 2. The van der Waals surface area contributed by atoms with Crippen LogP contribution in [-0.4, -0.2) is 28.9 Å². The van der Waals surface area contributed by atoms with Crippen molar-refractivity contribution in [2.24, 2.45) is 0 Å². The fraction of sp³-hybridized carbons (Fsp3) is 0.0476. The Labute approximate surface area is 164 Å². The second kappa shape index (κ2) is 6.00. The highest BCUT2D eigenvalue weighted by atomic mass is 35.5. The van der Waals surface area contributed by atoms with E-state index in [0.717, 1.165) is 21.8 Å². The summed E-state index contributed by atoms with van der Waals surface area (Å²) in [6, 6.07) is 10.9. The van der Waals surface area contributed by atoms with Gasteiger partial charge in [-0.2, -0.15) is 0 Å². The Balaban J connectivity index is 1.78. The van der Waals surface area contributed by atoms with Crippen molar-refractivity contribution in [1.82, 2.24) is 15.3 Å². The lowest BCUT2D eigenvalue weighted by atomic mass is 9.95. The van der Waals surface area contributed by atoms with Gasteiger partial charge in [0.25, 0.3) is 11.8 Å². The van der Waals surface area contributed by atoms with E-state index in [-0.39, 0.29) is 0 Å². The summed E-state index contributed by atoms with van der Waals surface area (Å²) in [6.07, 6.45) is 3.47. The van der Waals surface area contributed by atoms with Crippen LogP contribution in [0.3, 0.4) is 0 Å². The predicted octanol–water partition coefficient (Wildman–Crippen LogP) is 3.88. The van der Waals surface area contributed by atoms with Crippen LogP contribution in [0.1, 0.15) is 11.1 Å². The number of carbonyl (C=O) groups excluding carboxylic acids is 2. The highest BCUT2D eigenvalue weighted by Gasteiger charge is 2.34. The predicted molar refractivity (Wildman–Crippen MR) is 108 cm³/mol. The van der Waals surface area contributed by atoms with E-state index in [2.05, 4.69) is 15.3 Å². The molecule has 5 rings (SSSR count). The molecule has 2 amide bonds. The lowest BCUT2D eigenvalue weighted by Crippen LogP contribution is -2.22. The van der Waals surface area contributed by atoms with Gasteiger partial charge in [-0.05, 0) is 24.3 Å². The van der Waals surface area contributed by atoms with E-state index in [9.17, 15) is 9.59 Å². The van der Waals surface area contributed by atoms with Gasteiger partial charge in [0.2, 0.25) is 0 Å². The Morgan fingerprint density at radius 2 is 1.39 bits per heavy atom. The first-order valence-corrected chi connectivity index (χ1v) is 8.97. The Morgan fingerprint density at radius 3 is 2.00 bits per heavy atom. The molecule has 3 heterocycles. The second-order valence-corrected chi connectivity index (χ2v) is 6.98. The molecule has 6 nitrogen and oxygen atoms in total. The average Bonchev–Trinajstić information content (AvgIpc) is 3.35. The van der Waals surface area contributed by atoms with Crippen molar-refractivity contribution in [3.63, 3.8) is 0 Å². The highest BCUT2D eigenvalue weighted by Crippen LogP contribution is 2.38. The van der Waals surface area contributed by atoms with Crippen LogP contribution in [0, 0.1) is 0 Å². The molecule has 4 aromatic rings. The summed E-state index contributed by atoms with van der Waals surface area (Å²) in [4.78, 5) is 31.6.